The molecule has 0 unspecified atom stereocenters. The fraction of sp³-hybridized carbons (Fsp3) is 0.121. The second-order valence-electron chi connectivity index (χ2n) is 10.3. The molecule has 3 heterocycles. The van der Waals surface area contributed by atoms with Crippen LogP contribution in [-0.2, 0) is 10.2 Å². The Morgan fingerprint density at radius 1 is 0.850 bits per heavy atom. The van der Waals surface area contributed by atoms with E-state index in [1.807, 2.05) is 47.4 Å². The first-order chi connectivity index (χ1) is 19.4. The highest BCUT2D eigenvalue weighted by Gasteiger charge is 2.70. The standard InChI is InChI=1S/C33H22ClFN2O3/c34-22-13-16-26-21(18-22)12-17-27-33(24-8-4-5-9-25(24)36-32(33)40)28(30(38)20-10-14-23(35)15-11-20)29(37(26)27)31(39)19-6-2-1-3-7-19/h1-18,27-29H,(H,36,40)/t27-,28+,29-,33+/m0/s1. The molecule has 7 heteroatoms. The van der Waals surface area contributed by atoms with Crippen LogP contribution in [0.25, 0.3) is 6.08 Å². The van der Waals surface area contributed by atoms with Crippen LogP contribution in [0, 0.1) is 11.7 Å². The van der Waals surface area contributed by atoms with E-state index in [1.54, 1.807) is 42.5 Å². The van der Waals surface area contributed by atoms with Crippen LogP contribution in [-0.4, -0.2) is 29.6 Å². The van der Waals surface area contributed by atoms with Gasteiger partial charge in [0, 0.05) is 27.5 Å². The molecule has 196 valence electrons. The molecular weight excluding hydrogens is 527 g/mol. The molecule has 0 aliphatic carbocycles. The number of halogens is 2. The van der Waals surface area contributed by atoms with E-state index in [1.165, 1.54) is 24.3 Å². The van der Waals surface area contributed by atoms with Crippen LogP contribution in [0.3, 0.4) is 0 Å². The SMILES string of the molecule is O=C(c1ccccc1)[C@@H]1[C@H](C(=O)c2ccc(F)cc2)[C@]2(C(=O)Nc3ccccc32)[C@@H]2C=Cc3cc(Cl)ccc3N12. The van der Waals surface area contributed by atoms with Crippen LogP contribution in [0.4, 0.5) is 15.8 Å². The van der Waals surface area contributed by atoms with Crippen molar-refractivity contribution in [2.24, 2.45) is 5.92 Å². The Morgan fingerprint density at radius 3 is 2.33 bits per heavy atom. The quantitative estimate of drug-likeness (QED) is 0.302. The summed E-state index contributed by atoms with van der Waals surface area (Å²) in [5.74, 6) is -2.64. The predicted octanol–water partition coefficient (Wildman–Crippen LogP) is 6.34. The minimum absolute atomic E-state index is 0.231. The average molecular weight is 549 g/mol. The molecule has 1 saturated heterocycles. The van der Waals surface area contributed by atoms with Gasteiger partial charge in [0.05, 0.1) is 12.0 Å². The summed E-state index contributed by atoms with van der Waals surface area (Å²) in [6.45, 7) is 0. The van der Waals surface area contributed by atoms with Gasteiger partial charge < -0.3 is 10.2 Å². The maximum Gasteiger partial charge on any atom is 0.238 e. The van der Waals surface area contributed by atoms with Crippen molar-refractivity contribution in [3.8, 4) is 0 Å². The van der Waals surface area contributed by atoms with Gasteiger partial charge in [0.2, 0.25) is 5.91 Å². The number of nitrogens with zero attached hydrogens (tertiary/aromatic N) is 1. The Labute approximate surface area is 234 Å². The van der Waals surface area contributed by atoms with Crippen LogP contribution >= 0.6 is 11.6 Å². The van der Waals surface area contributed by atoms with Crippen molar-refractivity contribution in [3.63, 3.8) is 0 Å². The Morgan fingerprint density at radius 2 is 1.55 bits per heavy atom. The van der Waals surface area contributed by atoms with Crippen LogP contribution in [0.2, 0.25) is 5.02 Å². The molecule has 5 nitrogen and oxygen atoms in total. The number of para-hydroxylation sites is 1. The first-order valence-electron chi connectivity index (χ1n) is 13.0. The van der Waals surface area contributed by atoms with Crippen LogP contribution in [0.1, 0.15) is 31.8 Å². The van der Waals surface area contributed by atoms with Crippen molar-refractivity contribution in [2.45, 2.75) is 17.5 Å². The number of hydrogen-bond acceptors (Lipinski definition) is 4. The number of amides is 1. The normalized spacial score (nSPS) is 23.9. The number of carbonyl (C=O) groups excluding carboxylic acids is 3. The number of anilines is 2. The molecule has 0 radical (unpaired) electrons. The molecule has 40 heavy (non-hydrogen) atoms. The summed E-state index contributed by atoms with van der Waals surface area (Å²) in [7, 11) is 0. The molecule has 0 aromatic heterocycles. The third kappa shape index (κ3) is 3.36. The molecule has 4 atom stereocenters. The monoisotopic (exact) mass is 548 g/mol. The van der Waals surface area contributed by atoms with Crippen molar-refractivity contribution in [1.82, 2.24) is 0 Å². The van der Waals surface area contributed by atoms with Crippen molar-refractivity contribution >= 4 is 46.5 Å². The number of carbonyl (C=O) groups is 3. The number of ketones is 2. The second kappa shape index (κ2) is 9.00. The van der Waals surface area contributed by atoms with E-state index >= 15 is 0 Å². The highest BCUT2D eigenvalue weighted by molar-refractivity contribution is 6.31. The molecule has 1 fully saturated rings. The van der Waals surface area contributed by atoms with E-state index < -0.39 is 35.0 Å². The fourth-order valence-electron chi connectivity index (χ4n) is 6.72. The number of rotatable bonds is 4. The molecule has 3 aliphatic heterocycles. The van der Waals surface area contributed by atoms with E-state index in [0.29, 0.717) is 27.5 Å². The maximum atomic E-state index is 14.6. The zero-order valence-electron chi connectivity index (χ0n) is 21.1. The smallest absolute Gasteiger partial charge is 0.238 e. The van der Waals surface area contributed by atoms with Crippen LogP contribution in [0.15, 0.2) is 103 Å². The molecule has 4 aromatic rings. The van der Waals surface area contributed by atoms with Crippen LogP contribution < -0.4 is 10.2 Å². The number of hydrogen-bond donors (Lipinski definition) is 1. The van der Waals surface area contributed by atoms with Gasteiger partial charge in [-0.15, -0.1) is 0 Å². The van der Waals surface area contributed by atoms with Gasteiger partial charge in [0.15, 0.2) is 11.6 Å². The van der Waals surface area contributed by atoms with Gasteiger partial charge in [0.1, 0.15) is 17.3 Å². The molecule has 0 saturated carbocycles. The summed E-state index contributed by atoms with van der Waals surface area (Å²) in [5.41, 5.74) is 1.98. The lowest BCUT2D eigenvalue weighted by atomic mass is 9.64. The van der Waals surface area contributed by atoms with E-state index in [4.69, 9.17) is 11.6 Å². The Balaban J connectivity index is 1.54. The molecule has 4 aromatic carbocycles. The molecule has 1 amide bonds. The summed E-state index contributed by atoms with van der Waals surface area (Å²) in [6, 6.07) is 25.0. The third-order valence-corrected chi connectivity index (χ3v) is 8.57. The number of nitrogens with one attached hydrogen (secondary N) is 1. The lowest BCUT2D eigenvalue weighted by molar-refractivity contribution is -0.121. The van der Waals surface area contributed by atoms with Crippen molar-refractivity contribution < 1.29 is 18.8 Å². The second-order valence-corrected chi connectivity index (χ2v) is 10.7. The van der Waals surface area contributed by atoms with Gasteiger partial charge in [-0.3, -0.25) is 14.4 Å². The van der Waals surface area contributed by atoms with E-state index in [9.17, 15) is 18.8 Å². The number of benzene rings is 4. The number of Topliss-reactive ketones (excluding diaryl/α,β-unsaturated/α-hetero) is 2. The fourth-order valence-corrected chi connectivity index (χ4v) is 6.90. The van der Waals surface area contributed by atoms with Gasteiger partial charge in [-0.05, 0) is 59.7 Å². The Bertz CT molecular complexity index is 1740. The average Bonchev–Trinajstić information content (AvgIpc) is 3.45. The molecule has 7 rings (SSSR count). The third-order valence-electron chi connectivity index (χ3n) is 8.33. The molecule has 3 aliphatic rings. The topological polar surface area (TPSA) is 66.5 Å². The Hall–Kier alpha value is -4.55. The minimum atomic E-state index is -1.43. The van der Waals surface area contributed by atoms with E-state index in [2.05, 4.69) is 5.32 Å². The zero-order chi connectivity index (χ0) is 27.6. The highest BCUT2D eigenvalue weighted by Crippen LogP contribution is 2.58. The van der Waals surface area contributed by atoms with Crippen molar-refractivity contribution in [3.05, 3.63) is 136 Å². The molecule has 0 bridgehead atoms. The zero-order valence-corrected chi connectivity index (χ0v) is 21.8. The van der Waals surface area contributed by atoms with Gasteiger partial charge in [-0.1, -0.05) is 72.3 Å². The van der Waals surface area contributed by atoms with Gasteiger partial charge in [-0.2, -0.15) is 0 Å². The predicted molar refractivity (Wildman–Crippen MR) is 152 cm³/mol. The largest absolute Gasteiger partial charge is 0.352 e. The summed E-state index contributed by atoms with van der Waals surface area (Å²) >= 11 is 6.33. The summed E-state index contributed by atoms with van der Waals surface area (Å²) in [5, 5.41) is 3.53. The van der Waals surface area contributed by atoms with Crippen molar-refractivity contribution in [2.75, 3.05) is 10.2 Å². The first-order valence-corrected chi connectivity index (χ1v) is 13.3. The van der Waals surface area contributed by atoms with E-state index in [-0.39, 0.29) is 17.3 Å². The van der Waals surface area contributed by atoms with Gasteiger partial charge in [-0.25, -0.2) is 4.39 Å². The van der Waals surface area contributed by atoms with Gasteiger partial charge in [0.25, 0.3) is 0 Å². The minimum Gasteiger partial charge on any atom is -0.352 e. The van der Waals surface area contributed by atoms with Crippen molar-refractivity contribution in [1.29, 1.82) is 0 Å². The molecule has 1 spiro atoms. The lowest BCUT2D eigenvalue weighted by Gasteiger charge is -2.37. The van der Waals surface area contributed by atoms with E-state index in [0.717, 1.165) is 5.56 Å². The highest BCUT2D eigenvalue weighted by atomic mass is 35.5. The Kier molecular flexibility index (Phi) is 5.51. The molecule has 1 N–H and O–H groups in total. The number of fused-ring (bicyclic) bond motifs is 6. The summed E-state index contributed by atoms with van der Waals surface area (Å²) in [6.07, 6.45) is 3.79. The maximum absolute atomic E-state index is 14.6. The lowest BCUT2D eigenvalue weighted by Crippen LogP contribution is -2.51. The summed E-state index contributed by atoms with van der Waals surface area (Å²) < 4.78 is 13.9. The molecular formula is C33H22ClFN2O3. The summed E-state index contributed by atoms with van der Waals surface area (Å²) in [4.78, 5) is 45.3. The first kappa shape index (κ1) is 24.5. The van der Waals surface area contributed by atoms with Gasteiger partial charge >= 0.3 is 0 Å². The van der Waals surface area contributed by atoms with Crippen LogP contribution in [0.5, 0.6) is 0 Å².